The van der Waals surface area contributed by atoms with E-state index >= 15 is 0 Å². The third-order valence-electron chi connectivity index (χ3n) is 5.81. The highest BCUT2D eigenvalue weighted by molar-refractivity contribution is 5.90. The number of nitrogens with one attached hydrogen (secondary N) is 1. The van der Waals surface area contributed by atoms with Crippen molar-refractivity contribution in [2.75, 3.05) is 13.1 Å². The molecule has 1 aliphatic rings. The maximum atomic E-state index is 13.5. The second kappa shape index (κ2) is 8.90. The quantitative estimate of drug-likeness (QED) is 0.450. The number of amides is 2. The van der Waals surface area contributed by atoms with E-state index in [4.69, 9.17) is 0 Å². The van der Waals surface area contributed by atoms with E-state index in [0.29, 0.717) is 31.5 Å². The second-order valence-electron chi connectivity index (χ2n) is 7.49. The van der Waals surface area contributed by atoms with Crippen LogP contribution in [0.5, 0.6) is 0 Å². The van der Waals surface area contributed by atoms with Gasteiger partial charge in [0.1, 0.15) is 0 Å². The van der Waals surface area contributed by atoms with Crippen molar-refractivity contribution in [2.45, 2.75) is 31.2 Å². The van der Waals surface area contributed by atoms with Crippen LogP contribution in [-0.4, -0.2) is 34.7 Å². The van der Waals surface area contributed by atoms with E-state index in [-0.39, 0.29) is 17.5 Å². The van der Waals surface area contributed by atoms with Crippen molar-refractivity contribution in [3.63, 3.8) is 0 Å². The lowest BCUT2D eigenvalue weighted by molar-refractivity contribution is -0.385. The maximum absolute atomic E-state index is 13.5. The maximum Gasteiger partial charge on any atom is 0.274 e. The molecule has 0 radical (unpaired) electrons. The molecule has 30 heavy (non-hydrogen) atoms. The van der Waals surface area contributed by atoms with Crippen molar-refractivity contribution in [2.24, 2.45) is 0 Å². The Morgan fingerprint density at radius 2 is 1.73 bits per heavy atom. The number of nitro groups is 1. The van der Waals surface area contributed by atoms with Gasteiger partial charge in [0.05, 0.1) is 21.9 Å². The van der Waals surface area contributed by atoms with Gasteiger partial charge >= 0.3 is 0 Å². The zero-order chi connectivity index (χ0) is 21.7. The summed E-state index contributed by atoms with van der Waals surface area (Å²) < 4.78 is 0. The predicted molar refractivity (Wildman–Crippen MR) is 114 cm³/mol. The molecule has 0 aromatic heterocycles. The molecule has 0 saturated carbocycles. The molecule has 2 amide bonds. The standard InChI is InChI=1S/C23H25N3O4/c1-3-21(27)25-15-13-23(14-16-25,18-9-5-4-6-10-18)22(28)24-17(2)19-11-7-8-12-20(19)26(29)30/h3-12,17H,1,13-16H2,2H3,(H,24,28). The summed E-state index contributed by atoms with van der Waals surface area (Å²) in [6.07, 6.45) is 2.21. The smallest absolute Gasteiger partial charge is 0.274 e. The van der Waals surface area contributed by atoms with E-state index < -0.39 is 16.4 Å². The van der Waals surface area contributed by atoms with Gasteiger partial charge in [-0.1, -0.05) is 55.1 Å². The third-order valence-corrected chi connectivity index (χ3v) is 5.81. The van der Waals surface area contributed by atoms with Gasteiger partial charge < -0.3 is 10.2 Å². The fraction of sp³-hybridized carbons (Fsp3) is 0.304. The van der Waals surface area contributed by atoms with E-state index in [9.17, 15) is 19.7 Å². The number of piperidine rings is 1. The largest absolute Gasteiger partial charge is 0.349 e. The van der Waals surface area contributed by atoms with Crippen LogP contribution in [0.1, 0.15) is 36.9 Å². The SMILES string of the molecule is C=CC(=O)N1CCC(C(=O)NC(C)c2ccccc2[N+](=O)[O-])(c2ccccc2)CC1. The van der Waals surface area contributed by atoms with Gasteiger partial charge in [-0.2, -0.15) is 0 Å². The summed E-state index contributed by atoms with van der Waals surface area (Å²) in [5, 5.41) is 14.4. The van der Waals surface area contributed by atoms with Crippen LogP contribution in [0, 0.1) is 10.1 Å². The first-order chi connectivity index (χ1) is 14.4. The number of rotatable bonds is 6. The molecule has 7 nitrogen and oxygen atoms in total. The number of hydrogen-bond acceptors (Lipinski definition) is 4. The number of hydrogen-bond donors (Lipinski definition) is 1. The summed E-state index contributed by atoms with van der Waals surface area (Å²) in [5.74, 6) is -0.338. The van der Waals surface area contributed by atoms with Crippen LogP contribution in [0.4, 0.5) is 5.69 Å². The Kier molecular flexibility index (Phi) is 6.30. The van der Waals surface area contributed by atoms with Crippen molar-refractivity contribution in [1.29, 1.82) is 0 Å². The molecule has 7 heteroatoms. The number of carbonyl (C=O) groups excluding carboxylic acids is 2. The molecule has 0 bridgehead atoms. The summed E-state index contributed by atoms with van der Waals surface area (Å²) in [5.41, 5.74) is 0.503. The molecule has 0 spiro atoms. The minimum Gasteiger partial charge on any atom is -0.349 e. The van der Waals surface area contributed by atoms with Crippen LogP contribution in [0.15, 0.2) is 67.3 Å². The van der Waals surface area contributed by atoms with Crippen molar-refractivity contribution in [3.8, 4) is 0 Å². The van der Waals surface area contributed by atoms with E-state index in [1.165, 1.54) is 12.1 Å². The van der Waals surface area contributed by atoms with Crippen molar-refractivity contribution < 1.29 is 14.5 Å². The lowest BCUT2D eigenvalue weighted by Gasteiger charge is -2.41. The Morgan fingerprint density at radius 1 is 1.13 bits per heavy atom. The van der Waals surface area contributed by atoms with Gasteiger partial charge in [-0.25, -0.2) is 0 Å². The number of likely N-dealkylation sites (tertiary alicyclic amines) is 1. The van der Waals surface area contributed by atoms with Crippen LogP contribution < -0.4 is 5.32 Å². The Balaban J connectivity index is 1.88. The van der Waals surface area contributed by atoms with Crippen LogP contribution >= 0.6 is 0 Å². The van der Waals surface area contributed by atoms with Crippen LogP contribution in [0.25, 0.3) is 0 Å². The third kappa shape index (κ3) is 4.10. The fourth-order valence-electron chi connectivity index (χ4n) is 4.07. The van der Waals surface area contributed by atoms with Crippen molar-refractivity contribution >= 4 is 17.5 Å². The number of nitro benzene ring substituents is 1. The van der Waals surface area contributed by atoms with Crippen LogP contribution in [0.3, 0.4) is 0 Å². The molecule has 1 heterocycles. The zero-order valence-corrected chi connectivity index (χ0v) is 16.9. The summed E-state index contributed by atoms with van der Waals surface area (Å²) >= 11 is 0. The molecule has 1 N–H and O–H groups in total. The lowest BCUT2D eigenvalue weighted by atomic mass is 9.71. The molecule has 156 valence electrons. The van der Waals surface area contributed by atoms with E-state index in [0.717, 1.165) is 5.56 Å². The van der Waals surface area contributed by atoms with E-state index in [1.807, 2.05) is 30.3 Å². The molecule has 3 rings (SSSR count). The van der Waals surface area contributed by atoms with Gasteiger partial charge in [0, 0.05) is 19.2 Å². The average molecular weight is 407 g/mol. The summed E-state index contributed by atoms with van der Waals surface area (Å²) in [6, 6.07) is 15.4. The summed E-state index contributed by atoms with van der Waals surface area (Å²) in [7, 11) is 0. The molecule has 1 unspecified atom stereocenters. The zero-order valence-electron chi connectivity index (χ0n) is 16.9. The average Bonchev–Trinajstić information content (AvgIpc) is 2.79. The molecule has 0 aliphatic carbocycles. The van der Waals surface area contributed by atoms with Gasteiger partial charge in [0.25, 0.3) is 5.69 Å². The lowest BCUT2D eigenvalue weighted by Crippen LogP contribution is -2.53. The predicted octanol–water partition coefficient (Wildman–Crippen LogP) is 3.52. The molecular formula is C23H25N3O4. The normalized spacial score (nSPS) is 16.4. The minimum absolute atomic E-state index is 0.0227. The number of benzene rings is 2. The molecular weight excluding hydrogens is 382 g/mol. The van der Waals surface area contributed by atoms with Gasteiger partial charge in [-0.15, -0.1) is 0 Å². The van der Waals surface area contributed by atoms with E-state index in [1.54, 1.807) is 30.0 Å². The number of carbonyl (C=O) groups is 2. The highest BCUT2D eigenvalue weighted by Crippen LogP contribution is 2.37. The monoisotopic (exact) mass is 407 g/mol. The van der Waals surface area contributed by atoms with Crippen molar-refractivity contribution in [3.05, 3.63) is 88.5 Å². The summed E-state index contributed by atoms with van der Waals surface area (Å²) in [6.45, 7) is 6.16. The molecule has 1 fully saturated rings. The molecule has 1 aliphatic heterocycles. The summed E-state index contributed by atoms with van der Waals surface area (Å²) in [4.78, 5) is 38.1. The molecule has 1 saturated heterocycles. The Labute approximate surface area is 175 Å². The van der Waals surface area contributed by atoms with Crippen LogP contribution in [-0.2, 0) is 15.0 Å². The fourth-order valence-corrected chi connectivity index (χ4v) is 4.07. The Morgan fingerprint density at radius 3 is 2.33 bits per heavy atom. The van der Waals surface area contributed by atoms with E-state index in [2.05, 4.69) is 11.9 Å². The first kappa shape index (κ1) is 21.2. The number of para-hydroxylation sites is 1. The highest BCUT2D eigenvalue weighted by atomic mass is 16.6. The molecule has 2 aromatic carbocycles. The first-order valence-corrected chi connectivity index (χ1v) is 9.90. The van der Waals surface area contributed by atoms with Crippen LogP contribution in [0.2, 0.25) is 0 Å². The molecule has 1 atom stereocenters. The van der Waals surface area contributed by atoms with Gasteiger partial charge in [-0.3, -0.25) is 19.7 Å². The number of nitrogens with zero attached hydrogens (tertiary/aromatic N) is 2. The Bertz CT molecular complexity index is 950. The molecule has 2 aromatic rings. The Hall–Kier alpha value is -3.48. The van der Waals surface area contributed by atoms with Gasteiger partial charge in [0.2, 0.25) is 11.8 Å². The van der Waals surface area contributed by atoms with Gasteiger partial charge in [-0.05, 0) is 31.4 Å². The van der Waals surface area contributed by atoms with Gasteiger partial charge in [0.15, 0.2) is 0 Å². The first-order valence-electron chi connectivity index (χ1n) is 9.90. The highest BCUT2D eigenvalue weighted by Gasteiger charge is 2.44. The topological polar surface area (TPSA) is 92.6 Å². The van der Waals surface area contributed by atoms with Crippen molar-refractivity contribution in [1.82, 2.24) is 10.2 Å². The minimum atomic E-state index is -0.809. The second-order valence-corrected chi connectivity index (χ2v) is 7.49.